The molecule has 4 rings (SSSR count). The lowest BCUT2D eigenvalue weighted by atomic mass is 9.87. The molecule has 0 aliphatic heterocycles. The van der Waals surface area contributed by atoms with E-state index in [-0.39, 0.29) is 12.7 Å². The van der Waals surface area contributed by atoms with Crippen LogP contribution in [0.1, 0.15) is 34.8 Å². The normalized spacial score (nSPS) is 14.3. The van der Waals surface area contributed by atoms with Gasteiger partial charge in [0.25, 0.3) is 0 Å². The van der Waals surface area contributed by atoms with Gasteiger partial charge < -0.3 is 9.84 Å². The number of hydrogen-bond donors (Lipinski definition) is 2. The van der Waals surface area contributed by atoms with Gasteiger partial charge in [-0.15, -0.1) is 0 Å². The van der Waals surface area contributed by atoms with E-state index in [2.05, 4.69) is 41.9 Å². The fraction of sp³-hybridized carbons (Fsp3) is 0.222. The van der Waals surface area contributed by atoms with E-state index in [9.17, 15) is 4.79 Å². The first-order valence-electron chi connectivity index (χ1n) is 10.8. The van der Waals surface area contributed by atoms with Gasteiger partial charge in [-0.2, -0.15) is 5.48 Å². The summed E-state index contributed by atoms with van der Waals surface area (Å²) in [6.45, 7) is 0.292. The number of aliphatic carboxylic acids is 1. The highest BCUT2D eigenvalue weighted by atomic mass is 16.7. The molecule has 0 fully saturated rings. The molecular formula is C27H27NO4. The van der Waals surface area contributed by atoms with Gasteiger partial charge in [0.05, 0.1) is 0 Å². The number of carboxylic acids is 1. The van der Waals surface area contributed by atoms with Crippen LogP contribution in [0, 0.1) is 0 Å². The quantitative estimate of drug-likeness (QED) is 0.288. The van der Waals surface area contributed by atoms with E-state index in [0.29, 0.717) is 12.3 Å². The monoisotopic (exact) mass is 429 g/mol. The number of benzene rings is 3. The summed E-state index contributed by atoms with van der Waals surface area (Å²) >= 11 is 0. The van der Waals surface area contributed by atoms with Crippen LogP contribution >= 0.6 is 0 Å². The summed E-state index contributed by atoms with van der Waals surface area (Å²) in [6, 6.07) is 26.2. The Morgan fingerprint density at radius 1 is 0.938 bits per heavy atom. The highest BCUT2D eigenvalue weighted by Gasteiger charge is 2.18. The minimum atomic E-state index is -0.964. The maximum Gasteiger partial charge on any atom is 0.341 e. The molecule has 3 aromatic carbocycles. The maximum atomic E-state index is 10.8. The molecule has 0 aromatic heterocycles. The summed E-state index contributed by atoms with van der Waals surface area (Å²) in [6.07, 6.45) is 4.59. The zero-order valence-corrected chi connectivity index (χ0v) is 17.9. The smallest absolute Gasteiger partial charge is 0.341 e. The van der Waals surface area contributed by atoms with Crippen molar-refractivity contribution < 1.29 is 19.5 Å². The summed E-state index contributed by atoms with van der Waals surface area (Å²) in [7, 11) is 0. The van der Waals surface area contributed by atoms with Crippen LogP contribution in [0.15, 0.2) is 90.5 Å². The van der Waals surface area contributed by atoms with Crippen molar-refractivity contribution in [3.05, 3.63) is 113 Å². The second-order valence-electron chi connectivity index (χ2n) is 7.78. The first kappa shape index (κ1) is 21.8. The third kappa shape index (κ3) is 5.63. The van der Waals surface area contributed by atoms with E-state index in [4.69, 9.17) is 14.7 Å². The van der Waals surface area contributed by atoms with Crippen LogP contribution in [-0.4, -0.2) is 24.2 Å². The molecule has 32 heavy (non-hydrogen) atoms. The van der Waals surface area contributed by atoms with Crippen LogP contribution in [-0.2, 0) is 22.5 Å². The standard InChI is InChI=1S/C27H27NO4/c29-26(30)19-31-25-13-7-12-23-18-20(14-15-24(23)25)16-17-28-32-27(21-8-3-1-4-9-21)22-10-5-2-6-11-22/h1-13,16,27-28H,14-15,17-19H2,(H,29,30). The van der Waals surface area contributed by atoms with E-state index in [1.807, 2.05) is 48.5 Å². The first-order chi connectivity index (χ1) is 15.7. The summed E-state index contributed by atoms with van der Waals surface area (Å²) < 4.78 is 5.46. The molecule has 0 amide bonds. The van der Waals surface area contributed by atoms with Gasteiger partial charge >= 0.3 is 5.97 Å². The average molecular weight is 430 g/mol. The van der Waals surface area contributed by atoms with Gasteiger partial charge in [-0.25, -0.2) is 4.79 Å². The van der Waals surface area contributed by atoms with Crippen molar-refractivity contribution in [1.82, 2.24) is 5.48 Å². The second kappa shape index (κ2) is 10.8. The topological polar surface area (TPSA) is 67.8 Å². The minimum absolute atomic E-state index is 0.183. The molecule has 5 heteroatoms. The average Bonchev–Trinajstić information content (AvgIpc) is 2.83. The summed E-state index contributed by atoms with van der Waals surface area (Å²) in [5.74, 6) is -0.284. The van der Waals surface area contributed by atoms with Gasteiger partial charge in [-0.05, 0) is 47.6 Å². The molecule has 1 aliphatic carbocycles. The molecule has 0 unspecified atom stereocenters. The molecule has 3 aromatic rings. The van der Waals surface area contributed by atoms with Crippen molar-refractivity contribution in [1.29, 1.82) is 0 Å². The van der Waals surface area contributed by atoms with Crippen molar-refractivity contribution in [2.75, 3.05) is 13.2 Å². The van der Waals surface area contributed by atoms with Gasteiger partial charge in [-0.3, -0.25) is 4.84 Å². The van der Waals surface area contributed by atoms with E-state index in [1.165, 1.54) is 11.1 Å². The van der Waals surface area contributed by atoms with Crippen LogP contribution in [0.2, 0.25) is 0 Å². The van der Waals surface area contributed by atoms with E-state index >= 15 is 0 Å². The Bertz CT molecular complexity index is 1020. The summed E-state index contributed by atoms with van der Waals surface area (Å²) in [5.41, 5.74) is 8.96. The maximum absolute atomic E-state index is 10.8. The van der Waals surface area contributed by atoms with Crippen molar-refractivity contribution in [3.63, 3.8) is 0 Å². The third-order valence-electron chi connectivity index (χ3n) is 5.57. The van der Waals surface area contributed by atoms with Crippen LogP contribution < -0.4 is 10.2 Å². The van der Waals surface area contributed by atoms with Gasteiger partial charge in [0.1, 0.15) is 11.9 Å². The molecule has 0 bridgehead atoms. The SMILES string of the molecule is O=C(O)COc1cccc2c1CCC(=CCNOC(c1ccccc1)c1ccccc1)C2. The fourth-order valence-corrected chi connectivity index (χ4v) is 4.03. The van der Waals surface area contributed by atoms with Crippen LogP contribution in [0.5, 0.6) is 5.75 Å². The number of ether oxygens (including phenoxy) is 1. The molecule has 2 N–H and O–H groups in total. The molecule has 164 valence electrons. The Morgan fingerprint density at radius 2 is 1.62 bits per heavy atom. The molecule has 0 saturated heterocycles. The third-order valence-corrected chi connectivity index (χ3v) is 5.57. The Balaban J connectivity index is 1.37. The highest BCUT2D eigenvalue weighted by Crippen LogP contribution is 2.32. The lowest BCUT2D eigenvalue weighted by Crippen LogP contribution is -2.20. The van der Waals surface area contributed by atoms with Gasteiger partial charge in [0, 0.05) is 6.54 Å². The molecule has 0 heterocycles. The molecule has 1 aliphatic rings. The second-order valence-corrected chi connectivity index (χ2v) is 7.78. The number of carboxylic acid groups (broad SMARTS) is 1. The number of carbonyl (C=O) groups is 1. The number of allylic oxidation sites excluding steroid dienone is 1. The van der Waals surface area contributed by atoms with E-state index < -0.39 is 5.97 Å². The highest BCUT2D eigenvalue weighted by molar-refractivity contribution is 5.68. The van der Waals surface area contributed by atoms with Crippen LogP contribution in [0.4, 0.5) is 0 Å². The van der Waals surface area contributed by atoms with Crippen LogP contribution in [0.25, 0.3) is 0 Å². The zero-order valence-electron chi connectivity index (χ0n) is 17.9. The zero-order chi connectivity index (χ0) is 22.2. The van der Waals surface area contributed by atoms with Gasteiger partial charge in [-0.1, -0.05) is 84.4 Å². The van der Waals surface area contributed by atoms with Crippen molar-refractivity contribution in [3.8, 4) is 5.75 Å². The number of fused-ring (bicyclic) bond motifs is 1. The van der Waals surface area contributed by atoms with Gasteiger partial charge in [0.2, 0.25) is 0 Å². The van der Waals surface area contributed by atoms with Gasteiger partial charge in [0.15, 0.2) is 6.61 Å². The molecule has 0 radical (unpaired) electrons. The van der Waals surface area contributed by atoms with Crippen molar-refractivity contribution in [2.45, 2.75) is 25.4 Å². The predicted octanol–water partition coefficient (Wildman–Crippen LogP) is 4.88. The Labute approximate surface area is 188 Å². The summed E-state index contributed by atoms with van der Waals surface area (Å²) in [4.78, 5) is 16.9. The number of hydrogen-bond acceptors (Lipinski definition) is 4. The van der Waals surface area contributed by atoms with E-state index in [0.717, 1.165) is 36.0 Å². The molecule has 0 atom stereocenters. The van der Waals surface area contributed by atoms with E-state index in [1.54, 1.807) is 0 Å². The minimum Gasteiger partial charge on any atom is -0.482 e. The number of rotatable bonds is 9. The number of hydroxylamine groups is 1. The Morgan fingerprint density at radius 3 is 2.28 bits per heavy atom. The first-order valence-corrected chi connectivity index (χ1v) is 10.8. The Kier molecular flexibility index (Phi) is 7.33. The predicted molar refractivity (Wildman–Crippen MR) is 123 cm³/mol. The van der Waals surface area contributed by atoms with Crippen molar-refractivity contribution in [2.24, 2.45) is 0 Å². The lowest BCUT2D eigenvalue weighted by Gasteiger charge is -2.22. The van der Waals surface area contributed by atoms with Crippen LogP contribution in [0.3, 0.4) is 0 Å². The van der Waals surface area contributed by atoms with Crippen molar-refractivity contribution >= 4 is 5.97 Å². The molecule has 0 spiro atoms. The summed E-state index contributed by atoms with van der Waals surface area (Å²) in [5, 5.41) is 8.87. The molecule has 5 nitrogen and oxygen atoms in total. The lowest BCUT2D eigenvalue weighted by molar-refractivity contribution is -0.139. The fourth-order valence-electron chi connectivity index (χ4n) is 4.03. The largest absolute Gasteiger partial charge is 0.482 e. The molecule has 0 saturated carbocycles. The molecular weight excluding hydrogens is 402 g/mol. The Hall–Kier alpha value is -3.41. The number of nitrogens with one attached hydrogen (secondary N) is 1.